The largest absolute Gasteiger partial charge is 0.398 e. The fourth-order valence-electron chi connectivity index (χ4n) is 1.27. The van der Waals surface area contributed by atoms with E-state index in [2.05, 4.69) is 23.6 Å². The lowest BCUT2D eigenvalue weighted by molar-refractivity contribution is 0.625. The third-order valence-corrected chi connectivity index (χ3v) is 2.10. The lowest BCUT2D eigenvalue weighted by Crippen LogP contribution is -2.26. The van der Waals surface area contributed by atoms with Crippen LogP contribution >= 0.6 is 0 Å². The molecule has 0 saturated carbocycles. The summed E-state index contributed by atoms with van der Waals surface area (Å²) in [4.78, 5) is 0. The first-order valence-corrected chi connectivity index (χ1v) is 5.09. The van der Waals surface area contributed by atoms with Crippen molar-refractivity contribution in [2.75, 3.05) is 25.4 Å². The lowest BCUT2D eigenvalue weighted by Gasteiger charge is -2.07. The first-order chi connectivity index (χ1) is 6.84. The summed E-state index contributed by atoms with van der Waals surface area (Å²) in [7, 11) is 0. The van der Waals surface area contributed by atoms with Crippen LogP contribution in [-0.4, -0.2) is 19.6 Å². The fourth-order valence-corrected chi connectivity index (χ4v) is 1.27. The Morgan fingerprint density at radius 3 is 2.57 bits per heavy atom. The van der Waals surface area contributed by atoms with Gasteiger partial charge in [-0.05, 0) is 18.2 Å². The molecule has 0 aliphatic heterocycles. The van der Waals surface area contributed by atoms with Crippen molar-refractivity contribution < 1.29 is 0 Å². The summed E-state index contributed by atoms with van der Waals surface area (Å²) < 4.78 is 0. The Hall–Kier alpha value is -1.06. The number of para-hydroxylation sites is 1. The molecule has 1 aromatic rings. The van der Waals surface area contributed by atoms with E-state index < -0.39 is 0 Å². The average molecular weight is 193 g/mol. The molecule has 0 aliphatic carbocycles. The molecule has 0 radical (unpaired) electrons. The SMILES string of the molecule is CCNCCNCc1ccccc1N. The van der Waals surface area contributed by atoms with Crippen LogP contribution in [0.1, 0.15) is 12.5 Å². The third kappa shape index (κ3) is 3.77. The van der Waals surface area contributed by atoms with Crippen LogP contribution in [0.15, 0.2) is 24.3 Å². The van der Waals surface area contributed by atoms with Crippen molar-refractivity contribution in [1.82, 2.24) is 10.6 Å². The highest BCUT2D eigenvalue weighted by molar-refractivity contribution is 5.46. The molecule has 0 saturated heterocycles. The van der Waals surface area contributed by atoms with E-state index in [1.807, 2.05) is 18.2 Å². The van der Waals surface area contributed by atoms with E-state index in [1.54, 1.807) is 0 Å². The van der Waals surface area contributed by atoms with E-state index in [1.165, 1.54) is 5.56 Å². The number of nitrogens with two attached hydrogens (primary N) is 1. The molecule has 14 heavy (non-hydrogen) atoms. The van der Waals surface area contributed by atoms with Gasteiger partial charge in [-0.2, -0.15) is 0 Å². The van der Waals surface area contributed by atoms with Crippen molar-refractivity contribution in [3.8, 4) is 0 Å². The number of nitrogen functional groups attached to an aromatic ring is 1. The Balaban J connectivity index is 2.21. The molecule has 0 spiro atoms. The van der Waals surface area contributed by atoms with E-state index in [0.29, 0.717) is 0 Å². The van der Waals surface area contributed by atoms with Crippen molar-refractivity contribution in [3.05, 3.63) is 29.8 Å². The minimum atomic E-state index is 0.845. The number of hydrogen-bond donors (Lipinski definition) is 3. The van der Waals surface area contributed by atoms with Gasteiger partial charge in [0.15, 0.2) is 0 Å². The van der Waals surface area contributed by atoms with Gasteiger partial charge in [0.25, 0.3) is 0 Å². The monoisotopic (exact) mass is 193 g/mol. The van der Waals surface area contributed by atoms with Gasteiger partial charge in [0, 0.05) is 25.3 Å². The molecule has 0 aliphatic rings. The predicted octanol–water partition coefficient (Wildman–Crippen LogP) is 0.968. The second kappa shape index (κ2) is 6.40. The molecule has 0 heterocycles. The second-order valence-electron chi connectivity index (χ2n) is 3.23. The molecule has 0 fully saturated rings. The first-order valence-electron chi connectivity index (χ1n) is 5.09. The van der Waals surface area contributed by atoms with Gasteiger partial charge >= 0.3 is 0 Å². The summed E-state index contributed by atoms with van der Waals surface area (Å²) in [6, 6.07) is 7.95. The van der Waals surface area contributed by atoms with Crippen molar-refractivity contribution in [3.63, 3.8) is 0 Å². The molecular weight excluding hydrogens is 174 g/mol. The van der Waals surface area contributed by atoms with Crippen LogP contribution in [0.2, 0.25) is 0 Å². The first kappa shape index (κ1) is 11.0. The van der Waals surface area contributed by atoms with Crippen LogP contribution in [0.4, 0.5) is 5.69 Å². The molecular formula is C11H19N3. The summed E-state index contributed by atoms with van der Waals surface area (Å²) in [6.45, 7) is 5.95. The Bertz CT molecular complexity index is 260. The van der Waals surface area contributed by atoms with Gasteiger partial charge in [-0.15, -0.1) is 0 Å². The molecule has 78 valence electrons. The summed E-state index contributed by atoms with van der Waals surface area (Å²) in [5, 5.41) is 6.59. The molecule has 1 rings (SSSR count). The summed E-state index contributed by atoms with van der Waals surface area (Å²) in [5.41, 5.74) is 7.84. The molecule has 4 N–H and O–H groups in total. The number of benzene rings is 1. The molecule has 1 aromatic carbocycles. The van der Waals surface area contributed by atoms with Crippen molar-refractivity contribution in [1.29, 1.82) is 0 Å². The smallest absolute Gasteiger partial charge is 0.0359 e. The quantitative estimate of drug-likeness (QED) is 0.466. The van der Waals surface area contributed by atoms with Gasteiger partial charge in [-0.1, -0.05) is 25.1 Å². The number of hydrogen-bond acceptors (Lipinski definition) is 3. The molecule has 0 bridgehead atoms. The van der Waals surface area contributed by atoms with E-state index >= 15 is 0 Å². The fraction of sp³-hybridized carbons (Fsp3) is 0.455. The van der Waals surface area contributed by atoms with Crippen LogP contribution in [0, 0.1) is 0 Å². The van der Waals surface area contributed by atoms with E-state index in [4.69, 9.17) is 5.73 Å². The Morgan fingerprint density at radius 2 is 1.86 bits per heavy atom. The lowest BCUT2D eigenvalue weighted by atomic mass is 10.2. The van der Waals surface area contributed by atoms with Crippen molar-refractivity contribution in [2.45, 2.75) is 13.5 Å². The average Bonchev–Trinajstić information content (AvgIpc) is 2.20. The normalized spacial score (nSPS) is 10.4. The van der Waals surface area contributed by atoms with Crippen LogP contribution in [0.5, 0.6) is 0 Å². The summed E-state index contributed by atoms with van der Waals surface area (Å²) in [5.74, 6) is 0. The number of nitrogens with one attached hydrogen (secondary N) is 2. The molecule has 0 atom stereocenters. The number of anilines is 1. The maximum Gasteiger partial charge on any atom is 0.0359 e. The van der Waals surface area contributed by atoms with Crippen molar-refractivity contribution in [2.24, 2.45) is 0 Å². The Kier molecular flexibility index (Phi) is 5.04. The number of rotatable bonds is 6. The highest BCUT2D eigenvalue weighted by Gasteiger charge is 1.95. The Morgan fingerprint density at radius 1 is 1.14 bits per heavy atom. The number of likely N-dealkylation sites (N-methyl/N-ethyl adjacent to an activating group) is 1. The zero-order valence-corrected chi connectivity index (χ0v) is 8.72. The maximum atomic E-state index is 5.81. The highest BCUT2D eigenvalue weighted by atomic mass is 14.9. The van der Waals surface area contributed by atoms with E-state index in [-0.39, 0.29) is 0 Å². The van der Waals surface area contributed by atoms with Gasteiger partial charge in [0.2, 0.25) is 0 Å². The minimum absolute atomic E-state index is 0.845. The zero-order valence-electron chi connectivity index (χ0n) is 8.72. The van der Waals surface area contributed by atoms with Gasteiger partial charge in [0.1, 0.15) is 0 Å². The zero-order chi connectivity index (χ0) is 10.2. The summed E-state index contributed by atoms with van der Waals surface area (Å²) >= 11 is 0. The van der Waals surface area contributed by atoms with Gasteiger partial charge < -0.3 is 16.4 Å². The van der Waals surface area contributed by atoms with Crippen LogP contribution in [0.3, 0.4) is 0 Å². The second-order valence-corrected chi connectivity index (χ2v) is 3.23. The molecule has 0 aromatic heterocycles. The molecule has 3 nitrogen and oxygen atoms in total. The maximum absolute atomic E-state index is 5.81. The van der Waals surface area contributed by atoms with Crippen molar-refractivity contribution >= 4 is 5.69 Å². The third-order valence-electron chi connectivity index (χ3n) is 2.10. The molecule has 3 heteroatoms. The van der Waals surface area contributed by atoms with Crippen LogP contribution in [-0.2, 0) is 6.54 Å². The van der Waals surface area contributed by atoms with Gasteiger partial charge in [-0.3, -0.25) is 0 Å². The van der Waals surface area contributed by atoms with Gasteiger partial charge in [0.05, 0.1) is 0 Å². The minimum Gasteiger partial charge on any atom is -0.398 e. The summed E-state index contributed by atoms with van der Waals surface area (Å²) in [6.07, 6.45) is 0. The standard InChI is InChI=1S/C11H19N3/c1-2-13-7-8-14-9-10-5-3-4-6-11(10)12/h3-6,13-14H,2,7-9,12H2,1H3. The molecule has 0 amide bonds. The van der Waals surface area contributed by atoms with Crippen LogP contribution < -0.4 is 16.4 Å². The van der Waals surface area contributed by atoms with Gasteiger partial charge in [-0.25, -0.2) is 0 Å². The van der Waals surface area contributed by atoms with Crippen LogP contribution in [0.25, 0.3) is 0 Å². The molecule has 0 unspecified atom stereocenters. The predicted molar refractivity (Wildman–Crippen MR) is 61.1 cm³/mol. The van der Waals surface area contributed by atoms with E-state index in [0.717, 1.165) is 31.9 Å². The topological polar surface area (TPSA) is 50.1 Å². The highest BCUT2D eigenvalue weighted by Crippen LogP contribution is 2.09. The van der Waals surface area contributed by atoms with E-state index in [9.17, 15) is 0 Å². The Labute approximate surface area is 85.7 Å².